The van der Waals surface area contributed by atoms with Crippen molar-refractivity contribution in [2.45, 2.75) is 6.54 Å². The maximum absolute atomic E-state index is 13.2. The zero-order chi connectivity index (χ0) is 16.1. The molecule has 0 saturated carbocycles. The second-order valence-corrected chi connectivity index (χ2v) is 4.86. The van der Waals surface area contributed by atoms with E-state index in [9.17, 15) is 14.0 Å². The van der Waals surface area contributed by atoms with Crippen LogP contribution in [0.5, 0.6) is 0 Å². The topological polar surface area (TPSA) is 46.6 Å². The summed E-state index contributed by atoms with van der Waals surface area (Å²) in [5, 5.41) is 0. The van der Waals surface area contributed by atoms with Crippen molar-refractivity contribution in [3.05, 3.63) is 71.0 Å². The fourth-order valence-corrected chi connectivity index (χ4v) is 2.10. The molecule has 22 heavy (non-hydrogen) atoms. The molecule has 0 saturated heterocycles. The van der Waals surface area contributed by atoms with Gasteiger partial charge in [0, 0.05) is 19.2 Å². The van der Waals surface area contributed by atoms with E-state index in [1.165, 1.54) is 30.2 Å². The Morgan fingerprint density at radius 2 is 1.77 bits per heavy atom. The highest BCUT2D eigenvalue weighted by Crippen LogP contribution is 2.12. The fourth-order valence-electron chi connectivity index (χ4n) is 2.10. The molecule has 0 aliphatic rings. The first-order chi connectivity index (χ1) is 10.5. The molecule has 0 aliphatic carbocycles. The average Bonchev–Trinajstić information content (AvgIpc) is 2.53. The molecule has 0 heterocycles. The van der Waals surface area contributed by atoms with Gasteiger partial charge >= 0.3 is 5.97 Å². The second kappa shape index (κ2) is 6.85. The van der Waals surface area contributed by atoms with Gasteiger partial charge in [-0.3, -0.25) is 4.79 Å². The smallest absolute Gasteiger partial charge is 0.337 e. The van der Waals surface area contributed by atoms with Crippen LogP contribution >= 0.6 is 0 Å². The Bertz CT molecular complexity index is 700. The molecule has 0 bridgehead atoms. The molecule has 2 aromatic carbocycles. The maximum atomic E-state index is 13.2. The van der Waals surface area contributed by atoms with Crippen molar-refractivity contribution in [2.24, 2.45) is 0 Å². The number of nitrogens with zero attached hydrogens (tertiary/aromatic N) is 1. The third kappa shape index (κ3) is 3.69. The molecule has 0 aliphatic heterocycles. The van der Waals surface area contributed by atoms with Gasteiger partial charge in [0.15, 0.2) is 0 Å². The van der Waals surface area contributed by atoms with Crippen LogP contribution in [0.4, 0.5) is 4.39 Å². The van der Waals surface area contributed by atoms with Crippen LogP contribution < -0.4 is 0 Å². The third-order valence-corrected chi connectivity index (χ3v) is 3.19. The molecule has 5 heteroatoms. The Hall–Kier alpha value is -2.69. The Morgan fingerprint density at radius 3 is 2.45 bits per heavy atom. The van der Waals surface area contributed by atoms with Crippen molar-refractivity contribution in [3.8, 4) is 0 Å². The minimum atomic E-state index is -0.498. The Balaban J connectivity index is 2.15. The quantitative estimate of drug-likeness (QED) is 0.816. The number of benzene rings is 2. The number of amides is 1. The standard InChI is InChI=1S/C17H16FNO3/c1-19(11-12-5-3-8-15(18)9-12)16(20)13-6-4-7-14(10-13)17(21)22-2/h3-10H,11H2,1-2H3. The molecule has 0 N–H and O–H groups in total. The summed E-state index contributed by atoms with van der Waals surface area (Å²) < 4.78 is 17.8. The molecular formula is C17H16FNO3. The summed E-state index contributed by atoms with van der Waals surface area (Å²) in [4.78, 5) is 25.3. The predicted octanol–water partition coefficient (Wildman–Crippen LogP) is 2.88. The first-order valence-corrected chi connectivity index (χ1v) is 6.69. The fraction of sp³-hybridized carbons (Fsp3) is 0.176. The molecule has 114 valence electrons. The van der Waals surface area contributed by atoms with E-state index in [0.29, 0.717) is 16.7 Å². The highest BCUT2D eigenvalue weighted by Gasteiger charge is 2.14. The van der Waals surface area contributed by atoms with Crippen LogP contribution in [0.2, 0.25) is 0 Å². The second-order valence-electron chi connectivity index (χ2n) is 4.86. The van der Waals surface area contributed by atoms with Crippen LogP contribution in [0.3, 0.4) is 0 Å². The number of ether oxygens (including phenoxy) is 1. The average molecular weight is 301 g/mol. The van der Waals surface area contributed by atoms with Crippen molar-refractivity contribution in [3.63, 3.8) is 0 Å². The van der Waals surface area contributed by atoms with Crippen molar-refractivity contribution < 1.29 is 18.7 Å². The number of halogens is 1. The van der Waals surface area contributed by atoms with Gasteiger partial charge in [0.05, 0.1) is 12.7 Å². The van der Waals surface area contributed by atoms with E-state index < -0.39 is 5.97 Å². The molecular weight excluding hydrogens is 285 g/mol. The van der Waals surface area contributed by atoms with Gasteiger partial charge in [0.1, 0.15) is 5.82 Å². The lowest BCUT2D eigenvalue weighted by atomic mass is 10.1. The third-order valence-electron chi connectivity index (χ3n) is 3.19. The summed E-state index contributed by atoms with van der Waals surface area (Å²) in [5.74, 6) is -1.09. The largest absolute Gasteiger partial charge is 0.465 e. The van der Waals surface area contributed by atoms with E-state index in [1.807, 2.05) is 0 Å². The highest BCUT2D eigenvalue weighted by atomic mass is 19.1. The molecule has 0 atom stereocenters. The molecule has 4 nitrogen and oxygen atoms in total. The summed E-state index contributed by atoms with van der Waals surface area (Å²) >= 11 is 0. The number of esters is 1. The Kier molecular flexibility index (Phi) is 4.88. The summed E-state index contributed by atoms with van der Waals surface area (Å²) in [5.41, 5.74) is 1.38. The van der Waals surface area contributed by atoms with Crippen molar-refractivity contribution in [1.82, 2.24) is 4.90 Å². The molecule has 2 rings (SSSR count). The van der Waals surface area contributed by atoms with Crippen LogP contribution in [-0.2, 0) is 11.3 Å². The molecule has 2 aromatic rings. The highest BCUT2D eigenvalue weighted by molar-refractivity contribution is 5.97. The van der Waals surface area contributed by atoms with E-state index >= 15 is 0 Å². The van der Waals surface area contributed by atoms with E-state index in [-0.39, 0.29) is 18.3 Å². The monoisotopic (exact) mass is 301 g/mol. The number of carbonyl (C=O) groups is 2. The van der Waals surface area contributed by atoms with Crippen LogP contribution in [0.25, 0.3) is 0 Å². The van der Waals surface area contributed by atoms with Gasteiger partial charge in [-0.15, -0.1) is 0 Å². The first kappa shape index (κ1) is 15.7. The minimum Gasteiger partial charge on any atom is -0.465 e. The minimum absolute atomic E-state index is 0.255. The van der Waals surface area contributed by atoms with Crippen molar-refractivity contribution in [1.29, 1.82) is 0 Å². The van der Waals surface area contributed by atoms with Gasteiger partial charge in [-0.05, 0) is 35.9 Å². The van der Waals surface area contributed by atoms with Gasteiger partial charge < -0.3 is 9.64 Å². The van der Waals surface area contributed by atoms with Gasteiger partial charge in [0.2, 0.25) is 0 Å². The lowest BCUT2D eigenvalue weighted by Crippen LogP contribution is -2.26. The lowest BCUT2D eigenvalue weighted by molar-refractivity contribution is 0.0600. The summed E-state index contributed by atoms with van der Waals surface area (Å²) in [6, 6.07) is 12.4. The molecule has 0 aromatic heterocycles. The van der Waals surface area contributed by atoms with Crippen LogP contribution in [0.1, 0.15) is 26.3 Å². The zero-order valence-corrected chi connectivity index (χ0v) is 12.4. The van der Waals surface area contributed by atoms with Crippen LogP contribution in [0, 0.1) is 5.82 Å². The number of methoxy groups -OCH3 is 1. The number of carbonyl (C=O) groups excluding carboxylic acids is 2. The Morgan fingerprint density at radius 1 is 1.09 bits per heavy atom. The summed E-state index contributed by atoms with van der Waals surface area (Å²) in [6.07, 6.45) is 0. The normalized spacial score (nSPS) is 10.1. The first-order valence-electron chi connectivity index (χ1n) is 6.69. The van der Waals surface area contributed by atoms with Gasteiger partial charge in [-0.1, -0.05) is 18.2 Å². The number of hydrogen-bond acceptors (Lipinski definition) is 3. The number of rotatable bonds is 4. The van der Waals surface area contributed by atoms with Crippen molar-refractivity contribution in [2.75, 3.05) is 14.2 Å². The molecule has 0 fully saturated rings. The van der Waals surface area contributed by atoms with E-state index in [0.717, 1.165) is 0 Å². The van der Waals surface area contributed by atoms with E-state index in [1.54, 1.807) is 37.4 Å². The van der Waals surface area contributed by atoms with Gasteiger partial charge in [-0.2, -0.15) is 0 Å². The van der Waals surface area contributed by atoms with Crippen LogP contribution in [0.15, 0.2) is 48.5 Å². The summed E-state index contributed by atoms with van der Waals surface area (Å²) in [6.45, 7) is 0.277. The maximum Gasteiger partial charge on any atom is 0.337 e. The molecule has 1 amide bonds. The predicted molar refractivity (Wildman–Crippen MR) is 80.0 cm³/mol. The van der Waals surface area contributed by atoms with Crippen molar-refractivity contribution >= 4 is 11.9 Å². The lowest BCUT2D eigenvalue weighted by Gasteiger charge is -2.17. The zero-order valence-electron chi connectivity index (χ0n) is 12.4. The molecule has 0 unspecified atom stereocenters. The van der Waals surface area contributed by atoms with E-state index in [4.69, 9.17) is 0 Å². The van der Waals surface area contributed by atoms with Gasteiger partial charge in [-0.25, -0.2) is 9.18 Å². The van der Waals surface area contributed by atoms with E-state index in [2.05, 4.69) is 4.74 Å². The van der Waals surface area contributed by atoms with Crippen LogP contribution in [-0.4, -0.2) is 30.9 Å². The molecule has 0 spiro atoms. The summed E-state index contributed by atoms with van der Waals surface area (Å²) in [7, 11) is 2.91. The SMILES string of the molecule is COC(=O)c1cccc(C(=O)N(C)Cc2cccc(F)c2)c1. The number of hydrogen-bond donors (Lipinski definition) is 0. The Labute approximate surface area is 128 Å². The van der Waals surface area contributed by atoms with Gasteiger partial charge in [0.25, 0.3) is 5.91 Å². The molecule has 0 radical (unpaired) electrons.